The van der Waals surface area contributed by atoms with Crippen LogP contribution in [0.5, 0.6) is 0 Å². The maximum Gasteiger partial charge on any atom is 0.269 e. The molecule has 5 nitrogen and oxygen atoms in total. The van der Waals surface area contributed by atoms with Crippen LogP contribution < -0.4 is 10.6 Å². The molecule has 0 saturated carbocycles. The topological polar surface area (TPSA) is 73.7 Å². The molecule has 3 N–H and O–H groups in total. The van der Waals surface area contributed by atoms with Crippen molar-refractivity contribution in [2.45, 2.75) is 12.3 Å². The van der Waals surface area contributed by atoms with Gasteiger partial charge in [0, 0.05) is 41.3 Å². The van der Waals surface area contributed by atoms with E-state index in [0.29, 0.717) is 13.0 Å². The number of nitrogens with zero attached hydrogens (tertiary/aromatic N) is 1. The van der Waals surface area contributed by atoms with Gasteiger partial charge < -0.3 is 15.8 Å². The summed E-state index contributed by atoms with van der Waals surface area (Å²) in [6, 6.07) is 6.03. The molecule has 1 aromatic carbocycles. The monoisotopic (exact) mass is 371 g/mol. The van der Waals surface area contributed by atoms with Crippen LogP contribution in [0.4, 0.5) is 5.69 Å². The van der Waals surface area contributed by atoms with Gasteiger partial charge in [-0.25, -0.2) is 0 Å². The molecular weight excluding hydrogens is 354 g/mol. The van der Waals surface area contributed by atoms with Crippen LogP contribution in [0.25, 0.3) is 0 Å². The number of benzene rings is 1. The van der Waals surface area contributed by atoms with Crippen molar-refractivity contribution in [1.29, 1.82) is 0 Å². The summed E-state index contributed by atoms with van der Waals surface area (Å²) in [5.41, 5.74) is 2.39. The summed E-state index contributed by atoms with van der Waals surface area (Å²) in [4.78, 5) is 12.0. The Kier molecular flexibility index (Phi) is 5.93. The van der Waals surface area contributed by atoms with Gasteiger partial charge in [-0.1, -0.05) is 21.1 Å². The lowest BCUT2D eigenvalue weighted by Gasteiger charge is -2.11. The summed E-state index contributed by atoms with van der Waals surface area (Å²) >= 11 is 5.11. The Hall–Kier alpha value is -1.21. The van der Waals surface area contributed by atoms with E-state index in [1.807, 2.05) is 24.5 Å². The number of hydrogen-bond donors (Lipinski definition) is 3. The van der Waals surface area contributed by atoms with Gasteiger partial charge in [0.1, 0.15) is 5.71 Å². The van der Waals surface area contributed by atoms with E-state index in [1.165, 1.54) is 0 Å². The third-order valence-corrected chi connectivity index (χ3v) is 4.51. The molecule has 0 spiro atoms. The van der Waals surface area contributed by atoms with E-state index in [2.05, 4.69) is 31.7 Å². The van der Waals surface area contributed by atoms with Gasteiger partial charge in [0.05, 0.1) is 0 Å². The molecule has 7 heteroatoms. The van der Waals surface area contributed by atoms with Crippen molar-refractivity contribution < 1.29 is 10.0 Å². The van der Waals surface area contributed by atoms with Crippen LogP contribution in [0.3, 0.4) is 0 Å². The Balaban J connectivity index is 2.01. The predicted octanol–water partition coefficient (Wildman–Crippen LogP) is 2.66. The van der Waals surface area contributed by atoms with E-state index in [1.54, 1.807) is 11.8 Å². The summed E-state index contributed by atoms with van der Waals surface area (Å²) in [5.74, 6) is 0.676. The SMILES string of the molecule is CSCCNC(=O)/C(CC1CNc2ccc(Br)cc21)=N/O. The molecule has 1 amide bonds. The number of oxime groups is 1. The first-order chi connectivity index (χ1) is 10.2. The Labute approximate surface area is 136 Å². The highest BCUT2D eigenvalue weighted by Crippen LogP contribution is 2.35. The van der Waals surface area contributed by atoms with E-state index in [-0.39, 0.29) is 17.5 Å². The van der Waals surface area contributed by atoms with Gasteiger partial charge >= 0.3 is 0 Å². The normalized spacial score (nSPS) is 17.2. The highest BCUT2D eigenvalue weighted by molar-refractivity contribution is 9.10. The van der Waals surface area contributed by atoms with E-state index in [0.717, 1.165) is 28.0 Å². The Morgan fingerprint density at radius 1 is 1.62 bits per heavy atom. The lowest BCUT2D eigenvalue weighted by atomic mass is 9.95. The fourth-order valence-electron chi connectivity index (χ4n) is 2.34. The maximum atomic E-state index is 12.0. The molecule has 1 aliphatic heterocycles. The van der Waals surface area contributed by atoms with Crippen molar-refractivity contribution in [2.24, 2.45) is 5.16 Å². The molecule has 0 aliphatic carbocycles. The molecule has 1 atom stereocenters. The second-order valence-electron chi connectivity index (χ2n) is 4.81. The minimum atomic E-state index is -0.296. The lowest BCUT2D eigenvalue weighted by Crippen LogP contribution is -2.33. The zero-order chi connectivity index (χ0) is 15.2. The van der Waals surface area contributed by atoms with E-state index < -0.39 is 0 Å². The average Bonchev–Trinajstić information content (AvgIpc) is 2.87. The van der Waals surface area contributed by atoms with Crippen molar-refractivity contribution in [2.75, 3.05) is 30.4 Å². The van der Waals surface area contributed by atoms with E-state index in [4.69, 9.17) is 5.21 Å². The second kappa shape index (κ2) is 7.70. The molecule has 21 heavy (non-hydrogen) atoms. The molecule has 0 aromatic heterocycles. The van der Waals surface area contributed by atoms with Crippen LogP contribution in [-0.2, 0) is 4.79 Å². The van der Waals surface area contributed by atoms with Crippen molar-refractivity contribution in [3.05, 3.63) is 28.2 Å². The molecule has 114 valence electrons. The number of carbonyl (C=O) groups is 1. The molecule has 1 unspecified atom stereocenters. The van der Waals surface area contributed by atoms with Gasteiger partial charge in [-0.15, -0.1) is 0 Å². The minimum absolute atomic E-state index is 0.134. The van der Waals surface area contributed by atoms with Crippen LogP contribution in [0.1, 0.15) is 17.9 Å². The molecule has 0 fully saturated rings. The smallest absolute Gasteiger partial charge is 0.269 e. The third-order valence-electron chi connectivity index (χ3n) is 3.41. The Bertz CT molecular complexity index is 551. The van der Waals surface area contributed by atoms with Crippen LogP contribution >= 0.6 is 27.7 Å². The van der Waals surface area contributed by atoms with Gasteiger partial charge in [0.2, 0.25) is 0 Å². The number of halogens is 1. The average molecular weight is 372 g/mol. The largest absolute Gasteiger partial charge is 0.410 e. The highest BCUT2D eigenvalue weighted by Gasteiger charge is 2.26. The fourth-order valence-corrected chi connectivity index (χ4v) is 3.02. The first-order valence-corrected chi connectivity index (χ1v) is 8.85. The summed E-state index contributed by atoms with van der Waals surface area (Å²) in [7, 11) is 0. The van der Waals surface area contributed by atoms with Crippen molar-refractivity contribution in [3.63, 3.8) is 0 Å². The van der Waals surface area contributed by atoms with Gasteiger partial charge in [0.15, 0.2) is 0 Å². The molecule has 0 radical (unpaired) electrons. The molecule has 1 aromatic rings. The maximum absolute atomic E-state index is 12.0. The van der Waals surface area contributed by atoms with Crippen LogP contribution in [-0.4, -0.2) is 41.9 Å². The van der Waals surface area contributed by atoms with Crippen LogP contribution in [0.2, 0.25) is 0 Å². The standard InChI is InChI=1S/C14H18BrN3O2S/c1-21-5-4-16-14(19)13(18-20)6-9-8-17-12-3-2-10(15)7-11(9)12/h2-3,7,9,17,20H,4-6,8H2,1H3,(H,16,19)/b18-13+. The number of amides is 1. The molecule has 1 heterocycles. The molecular formula is C14H18BrN3O2S. The van der Waals surface area contributed by atoms with E-state index in [9.17, 15) is 4.79 Å². The van der Waals surface area contributed by atoms with E-state index >= 15 is 0 Å². The van der Waals surface area contributed by atoms with Crippen LogP contribution in [0.15, 0.2) is 27.8 Å². The zero-order valence-corrected chi connectivity index (χ0v) is 14.1. The second-order valence-corrected chi connectivity index (χ2v) is 6.71. The summed E-state index contributed by atoms with van der Waals surface area (Å²) in [6.45, 7) is 1.31. The Morgan fingerprint density at radius 3 is 3.14 bits per heavy atom. The molecule has 0 bridgehead atoms. The summed E-state index contributed by atoms with van der Waals surface area (Å²) in [6.07, 6.45) is 2.39. The number of nitrogens with one attached hydrogen (secondary N) is 2. The fraction of sp³-hybridized carbons (Fsp3) is 0.429. The predicted molar refractivity (Wildman–Crippen MR) is 90.6 cm³/mol. The van der Waals surface area contributed by atoms with Crippen LogP contribution in [0, 0.1) is 0 Å². The zero-order valence-electron chi connectivity index (χ0n) is 11.7. The van der Waals surface area contributed by atoms with Crippen molar-refractivity contribution in [3.8, 4) is 0 Å². The van der Waals surface area contributed by atoms with Crippen molar-refractivity contribution in [1.82, 2.24) is 5.32 Å². The number of thioether (sulfide) groups is 1. The first-order valence-electron chi connectivity index (χ1n) is 6.67. The molecule has 2 rings (SSSR count). The molecule has 0 saturated heterocycles. The van der Waals surface area contributed by atoms with Gasteiger partial charge in [-0.3, -0.25) is 4.79 Å². The number of hydrogen-bond acceptors (Lipinski definition) is 5. The first kappa shape index (κ1) is 16.2. The highest BCUT2D eigenvalue weighted by atomic mass is 79.9. The number of fused-ring (bicyclic) bond motifs is 1. The van der Waals surface area contributed by atoms with Gasteiger partial charge in [-0.05, 0) is 30.0 Å². The minimum Gasteiger partial charge on any atom is -0.410 e. The third kappa shape index (κ3) is 4.14. The lowest BCUT2D eigenvalue weighted by molar-refractivity contribution is -0.114. The number of anilines is 1. The quantitative estimate of drug-likeness (QED) is 0.311. The number of rotatable bonds is 6. The number of carbonyl (C=O) groups excluding carboxylic acids is 1. The summed E-state index contributed by atoms with van der Waals surface area (Å²) < 4.78 is 1.00. The Morgan fingerprint density at radius 2 is 2.43 bits per heavy atom. The van der Waals surface area contributed by atoms with Gasteiger partial charge in [-0.2, -0.15) is 11.8 Å². The van der Waals surface area contributed by atoms with Crippen molar-refractivity contribution >= 4 is 45.0 Å². The van der Waals surface area contributed by atoms with Gasteiger partial charge in [0.25, 0.3) is 5.91 Å². The summed E-state index contributed by atoms with van der Waals surface area (Å²) in [5, 5.41) is 18.4. The molecule has 1 aliphatic rings.